The molecule has 1 aromatic rings. The Labute approximate surface area is 74.2 Å². The van der Waals surface area contributed by atoms with E-state index in [1.165, 1.54) is 0 Å². The summed E-state index contributed by atoms with van der Waals surface area (Å²) in [6.45, 7) is 0. The molecule has 0 fully saturated rings. The van der Waals surface area contributed by atoms with Crippen LogP contribution in [0.5, 0.6) is 0 Å². The van der Waals surface area contributed by atoms with Gasteiger partial charge in [0, 0.05) is 0 Å². The van der Waals surface area contributed by atoms with E-state index in [-0.39, 0.29) is 5.91 Å². The van der Waals surface area contributed by atoms with E-state index in [1.54, 1.807) is 12.1 Å². The first-order valence-electron chi connectivity index (χ1n) is 3.32. The second kappa shape index (κ2) is 4.18. The fraction of sp³-hybridized carbons (Fsp3) is 0.125. The first kappa shape index (κ1) is 8.33. The molecule has 2 nitrogen and oxygen atoms in total. The third-order valence-electron chi connectivity index (χ3n) is 1.28. The van der Waals surface area contributed by atoms with Crippen molar-refractivity contribution in [3.63, 3.8) is 0 Å². The molecule has 1 N–H and O–H groups in total. The summed E-state index contributed by atoms with van der Waals surface area (Å²) in [5.74, 6) is -0.00639. The van der Waals surface area contributed by atoms with Gasteiger partial charge in [0.1, 0.15) is 0 Å². The first-order valence-corrected chi connectivity index (χ1v) is 4.81. The molecule has 0 spiro atoms. The van der Waals surface area contributed by atoms with Gasteiger partial charge in [-0.1, -0.05) is 0 Å². The minimum atomic E-state index is -0.00639. The fourth-order valence-electron chi connectivity index (χ4n) is 0.772. The molecule has 55 valence electrons. The molecule has 0 aromatic heterocycles. The second-order valence-electron chi connectivity index (χ2n) is 2.05. The van der Waals surface area contributed by atoms with E-state index in [0.717, 1.165) is 0 Å². The normalized spacial score (nSPS) is 9.18. The van der Waals surface area contributed by atoms with Gasteiger partial charge in [-0.05, 0) is 0 Å². The summed E-state index contributed by atoms with van der Waals surface area (Å²) in [7, 11) is 0. The third-order valence-corrected chi connectivity index (χ3v) is 1.66. The van der Waals surface area contributed by atoms with E-state index >= 15 is 0 Å². The number of amides is 1. The Morgan fingerprint density at radius 2 is 2.00 bits per heavy atom. The number of nitrogens with one attached hydrogen (secondary N) is 1. The quantitative estimate of drug-likeness (QED) is 0.704. The van der Waals surface area contributed by atoms with Crippen molar-refractivity contribution in [2.75, 3.05) is 5.38 Å². The van der Waals surface area contributed by atoms with Crippen LogP contribution in [0.3, 0.4) is 0 Å². The molecule has 0 bridgehead atoms. The van der Waals surface area contributed by atoms with E-state index in [0.29, 0.717) is 10.9 Å². The molecule has 1 amide bonds. The van der Waals surface area contributed by atoms with Crippen LogP contribution in [0.15, 0.2) is 30.3 Å². The van der Waals surface area contributed by atoms with Crippen LogP contribution < -0.4 is 5.32 Å². The molecule has 0 aliphatic carbocycles. The number of benzene rings is 1. The van der Waals surface area contributed by atoms with Crippen LogP contribution in [0.1, 0.15) is 10.4 Å². The molecular weight excluding hydrogens is 199 g/mol. The number of hydrogen-bond acceptors (Lipinski definition) is 1. The third kappa shape index (κ3) is 2.38. The molecule has 0 saturated carbocycles. The van der Waals surface area contributed by atoms with Crippen LogP contribution >= 0.6 is 0 Å². The topological polar surface area (TPSA) is 29.1 Å². The van der Waals surface area contributed by atoms with Crippen molar-refractivity contribution >= 4 is 22.4 Å². The van der Waals surface area contributed by atoms with Gasteiger partial charge in [-0.2, -0.15) is 0 Å². The predicted molar refractivity (Wildman–Crippen MR) is 44.5 cm³/mol. The summed E-state index contributed by atoms with van der Waals surface area (Å²) in [4.78, 5) is 11.1. The zero-order valence-electron chi connectivity index (χ0n) is 6.00. The maximum absolute atomic E-state index is 11.1. The molecule has 0 aliphatic rings. The van der Waals surface area contributed by atoms with Gasteiger partial charge in [0.15, 0.2) is 0 Å². The van der Waals surface area contributed by atoms with Crippen LogP contribution in [0, 0.1) is 0 Å². The van der Waals surface area contributed by atoms with Crippen LogP contribution in [-0.4, -0.2) is 27.8 Å². The maximum atomic E-state index is 11.1. The van der Waals surface area contributed by atoms with Crippen molar-refractivity contribution in [2.45, 2.75) is 0 Å². The SMILES string of the molecule is O=C(N[CH2][Ge])c1ccccc1. The monoisotopic (exact) mass is 208 g/mol. The van der Waals surface area contributed by atoms with Crippen LogP contribution in [-0.2, 0) is 0 Å². The standard InChI is InChI=1S/C8H8GeNO/c9-6-10-8(11)7-4-2-1-3-5-7/h1-5H,6H2,(H,10,11). The van der Waals surface area contributed by atoms with Gasteiger partial charge >= 0.3 is 73.8 Å². The minimum absolute atomic E-state index is 0.00639. The predicted octanol–water partition coefficient (Wildman–Crippen LogP) is 0.542. The summed E-state index contributed by atoms with van der Waals surface area (Å²) in [5, 5.41) is 3.40. The average molecular weight is 207 g/mol. The van der Waals surface area contributed by atoms with E-state index < -0.39 is 0 Å². The van der Waals surface area contributed by atoms with Gasteiger partial charge in [0.2, 0.25) is 0 Å². The average Bonchev–Trinajstić information content (AvgIpc) is 2.07. The van der Waals surface area contributed by atoms with E-state index in [1.807, 2.05) is 34.7 Å². The van der Waals surface area contributed by atoms with Gasteiger partial charge in [0.05, 0.1) is 0 Å². The van der Waals surface area contributed by atoms with Crippen molar-refractivity contribution in [1.82, 2.24) is 5.32 Å². The summed E-state index contributed by atoms with van der Waals surface area (Å²) in [5.41, 5.74) is 0.717. The van der Waals surface area contributed by atoms with Gasteiger partial charge < -0.3 is 0 Å². The van der Waals surface area contributed by atoms with E-state index in [4.69, 9.17) is 0 Å². The molecule has 0 aliphatic heterocycles. The molecule has 11 heavy (non-hydrogen) atoms. The van der Waals surface area contributed by atoms with E-state index in [9.17, 15) is 4.79 Å². The zero-order valence-corrected chi connectivity index (χ0v) is 8.10. The number of carbonyl (C=O) groups is 1. The van der Waals surface area contributed by atoms with Crippen molar-refractivity contribution in [1.29, 1.82) is 0 Å². The van der Waals surface area contributed by atoms with Crippen LogP contribution in [0.25, 0.3) is 0 Å². The molecule has 1 rings (SSSR count). The van der Waals surface area contributed by atoms with E-state index in [2.05, 4.69) is 5.32 Å². The Morgan fingerprint density at radius 1 is 1.36 bits per heavy atom. The Morgan fingerprint density at radius 3 is 2.55 bits per heavy atom. The zero-order chi connectivity index (χ0) is 8.10. The number of carbonyl (C=O) groups excluding carboxylic acids is 1. The summed E-state index contributed by atoms with van der Waals surface area (Å²) in [6.07, 6.45) is 0. The summed E-state index contributed by atoms with van der Waals surface area (Å²) >= 11 is 1.90. The molecule has 0 atom stereocenters. The summed E-state index contributed by atoms with van der Waals surface area (Å²) < 4.78 is 0. The fourth-order valence-corrected chi connectivity index (χ4v) is 1.11. The van der Waals surface area contributed by atoms with Gasteiger partial charge in [0.25, 0.3) is 0 Å². The van der Waals surface area contributed by atoms with Crippen LogP contribution in [0.4, 0.5) is 0 Å². The van der Waals surface area contributed by atoms with Crippen molar-refractivity contribution < 1.29 is 4.79 Å². The Hall–Kier alpha value is -0.767. The Balaban J connectivity index is 2.69. The molecule has 0 saturated heterocycles. The van der Waals surface area contributed by atoms with Crippen molar-refractivity contribution in [3.8, 4) is 0 Å². The second-order valence-corrected chi connectivity index (χ2v) is 2.79. The van der Waals surface area contributed by atoms with Crippen molar-refractivity contribution in [2.24, 2.45) is 0 Å². The number of hydrogen-bond donors (Lipinski definition) is 1. The molecule has 0 unspecified atom stereocenters. The number of rotatable bonds is 2. The van der Waals surface area contributed by atoms with Gasteiger partial charge in [-0.25, -0.2) is 0 Å². The Bertz CT molecular complexity index is 235. The summed E-state index contributed by atoms with van der Waals surface area (Å²) in [6, 6.07) is 9.19. The Kier molecular flexibility index (Phi) is 3.17. The molecular formula is C8H8GeNO. The molecule has 1 aromatic carbocycles. The first-order chi connectivity index (χ1) is 5.34. The van der Waals surface area contributed by atoms with Gasteiger partial charge in [-0.3, -0.25) is 0 Å². The molecule has 0 heterocycles. The van der Waals surface area contributed by atoms with Gasteiger partial charge in [-0.15, -0.1) is 0 Å². The molecule has 3 heteroatoms. The van der Waals surface area contributed by atoms with Crippen molar-refractivity contribution in [3.05, 3.63) is 35.9 Å². The van der Waals surface area contributed by atoms with Crippen LogP contribution in [0.2, 0.25) is 0 Å². The molecule has 3 radical (unpaired) electrons.